The normalized spacial score (nSPS) is 21.6. The van der Waals surface area contributed by atoms with E-state index in [4.69, 9.17) is 4.42 Å². The van der Waals surface area contributed by atoms with Gasteiger partial charge in [0.05, 0.1) is 12.8 Å². The first-order valence-corrected chi connectivity index (χ1v) is 4.55. The van der Waals surface area contributed by atoms with Crippen LogP contribution in [0.3, 0.4) is 0 Å². The van der Waals surface area contributed by atoms with E-state index in [9.17, 15) is 9.59 Å². The lowest BCUT2D eigenvalue weighted by Crippen LogP contribution is -2.24. The Kier molecular flexibility index (Phi) is 2.35. The van der Waals surface area contributed by atoms with Crippen molar-refractivity contribution in [1.29, 1.82) is 0 Å². The molecule has 2 rings (SSSR count). The second-order valence-corrected chi connectivity index (χ2v) is 3.45. The van der Waals surface area contributed by atoms with Crippen molar-refractivity contribution in [2.75, 3.05) is 6.54 Å². The molecule has 1 atom stereocenters. The van der Waals surface area contributed by atoms with E-state index >= 15 is 0 Å². The molecule has 1 unspecified atom stereocenters. The van der Waals surface area contributed by atoms with Crippen molar-refractivity contribution in [2.24, 2.45) is 5.92 Å². The molecule has 4 nitrogen and oxygen atoms in total. The lowest BCUT2D eigenvalue weighted by atomic mass is 10.1. The number of hydrogen-bond acceptors (Lipinski definition) is 3. The summed E-state index contributed by atoms with van der Waals surface area (Å²) in [6, 6.07) is 3.61. The first kappa shape index (κ1) is 8.99. The topological polar surface area (TPSA) is 50.5 Å². The van der Waals surface area contributed by atoms with E-state index in [1.165, 1.54) is 0 Å². The molecule has 0 bridgehead atoms. The van der Waals surface area contributed by atoms with Crippen LogP contribution in [0.5, 0.6) is 0 Å². The summed E-state index contributed by atoms with van der Waals surface area (Å²) in [5.41, 5.74) is 0. The van der Waals surface area contributed by atoms with Gasteiger partial charge in [0.1, 0.15) is 12.0 Å². The standard InChI is InChI=1S/C10H11NO3/c12-7-8-4-10(13)11(5-8)6-9-2-1-3-14-9/h1-3,7-8H,4-6H2. The molecular formula is C10H11NO3. The summed E-state index contributed by atoms with van der Waals surface area (Å²) >= 11 is 0. The maximum Gasteiger partial charge on any atom is 0.223 e. The summed E-state index contributed by atoms with van der Waals surface area (Å²) in [6.07, 6.45) is 2.76. The SMILES string of the molecule is O=CC1CC(=O)N(Cc2ccco2)C1. The summed E-state index contributed by atoms with van der Waals surface area (Å²) in [4.78, 5) is 23.5. The molecule has 2 heterocycles. The lowest BCUT2D eigenvalue weighted by Gasteiger charge is -2.13. The van der Waals surface area contributed by atoms with Crippen LogP contribution in [0, 0.1) is 5.92 Å². The zero-order chi connectivity index (χ0) is 9.97. The van der Waals surface area contributed by atoms with Crippen LogP contribution in [0.15, 0.2) is 22.8 Å². The predicted octanol–water partition coefficient (Wildman–Crippen LogP) is 0.827. The van der Waals surface area contributed by atoms with E-state index in [0.717, 1.165) is 12.0 Å². The van der Waals surface area contributed by atoms with E-state index in [0.29, 0.717) is 19.5 Å². The van der Waals surface area contributed by atoms with Gasteiger partial charge in [0.2, 0.25) is 5.91 Å². The van der Waals surface area contributed by atoms with Crippen LogP contribution in [0.1, 0.15) is 12.2 Å². The number of rotatable bonds is 3. The smallest absolute Gasteiger partial charge is 0.223 e. The highest BCUT2D eigenvalue weighted by Gasteiger charge is 2.29. The molecule has 4 heteroatoms. The van der Waals surface area contributed by atoms with Crippen molar-refractivity contribution >= 4 is 12.2 Å². The van der Waals surface area contributed by atoms with Crippen molar-refractivity contribution in [2.45, 2.75) is 13.0 Å². The van der Waals surface area contributed by atoms with Gasteiger partial charge in [-0.25, -0.2) is 0 Å². The number of aldehydes is 1. The van der Waals surface area contributed by atoms with Gasteiger partial charge in [0, 0.05) is 18.9 Å². The molecule has 1 amide bonds. The third-order valence-electron chi connectivity index (χ3n) is 2.36. The number of hydrogen-bond donors (Lipinski definition) is 0. The van der Waals surface area contributed by atoms with Crippen molar-refractivity contribution in [3.05, 3.63) is 24.2 Å². The Balaban J connectivity index is 1.99. The number of carbonyl (C=O) groups excluding carboxylic acids is 2. The van der Waals surface area contributed by atoms with E-state index in [1.54, 1.807) is 17.2 Å². The van der Waals surface area contributed by atoms with Crippen LogP contribution in [0.2, 0.25) is 0 Å². The highest BCUT2D eigenvalue weighted by molar-refractivity contribution is 5.82. The largest absolute Gasteiger partial charge is 0.467 e. The van der Waals surface area contributed by atoms with E-state index in [1.807, 2.05) is 6.07 Å². The summed E-state index contributed by atoms with van der Waals surface area (Å²) < 4.78 is 5.13. The zero-order valence-electron chi connectivity index (χ0n) is 7.68. The highest BCUT2D eigenvalue weighted by atomic mass is 16.3. The Morgan fingerprint density at radius 3 is 3.07 bits per heavy atom. The van der Waals surface area contributed by atoms with Gasteiger partial charge in [0.15, 0.2) is 0 Å². The third kappa shape index (κ3) is 1.69. The van der Waals surface area contributed by atoms with Gasteiger partial charge in [-0.3, -0.25) is 4.79 Å². The van der Waals surface area contributed by atoms with Gasteiger partial charge in [0.25, 0.3) is 0 Å². The van der Waals surface area contributed by atoms with Crippen molar-refractivity contribution in [3.8, 4) is 0 Å². The van der Waals surface area contributed by atoms with Crippen LogP contribution in [0.4, 0.5) is 0 Å². The van der Waals surface area contributed by atoms with Crippen LogP contribution in [-0.2, 0) is 16.1 Å². The molecule has 1 aliphatic rings. The Morgan fingerprint density at radius 1 is 1.64 bits per heavy atom. The zero-order valence-corrected chi connectivity index (χ0v) is 7.68. The Hall–Kier alpha value is -1.58. The van der Waals surface area contributed by atoms with Crippen LogP contribution >= 0.6 is 0 Å². The van der Waals surface area contributed by atoms with Gasteiger partial charge in [-0.1, -0.05) is 0 Å². The molecule has 0 aliphatic carbocycles. The maximum atomic E-state index is 11.4. The van der Waals surface area contributed by atoms with Gasteiger partial charge < -0.3 is 14.1 Å². The molecule has 14 heavy (non-hydrogen) atoms. The van der Waals surface area contributed by atoms with E-state index in [-0.39, 0.29) is 11.8 Å². The summed E-state index contributed by atoms with van der Waals surface area (Å²) in [6.45, 7) is 0.985. The second kappa shape index (κ2) is 3.65. The fourth-order valence-corrected chi connectivity index (χ4v) is 1.64. The first-order chi connectivity index (χ1) is 6.79. The molecule has 0 saturated carbocycles. The minimum atomic E-state index is -0.141. The molecule has 1 saturated heterocycles. The maximum absolute atomic E-state index is 11.4. The summed E-state index contributed by atoms with van der Waals surface area (Å²) in [5, 5.41) is 0. The number of likely N-dealkylation sites (tertiary alicyclic amines) is 1. The quantitative estimate of drug-likeness (QED) is 0.668. The van der Waals surface area contributed by atoms with Gasteiger partial charge in [-0.05, 0) is 12.1 Å². The molecule has 0 N–H and O–H groups in total. The van der Waals surface area contributed by atoms with Gasteiger partial charge in [-0.2, -0.15) is 0 Å². The van der Waals surface area contributed by atoms with Crippen LogP contribution in [0.25, 0.3) is 0 Å². The number of furan rings is 1. The van der Waals surface area contributed by atoms with Gasteiger partial charge >= 0.3 is 0 Å². The minimum Gasteiger partial charge on any atom is -0.467 e. The predicted molar refractivity (Wildman–Crippen MR) is 48.3 cm³/mol. The number of carbonyl (C=O) groups is 2. The Bertz CT molecular complexity index is 331. The van der Waals surface area contributed by atoms with Crippen LogP contribution in [-0.4, -0.2) is 23.6 Å². The molecule has 74 valence electrons. The molecular weight excluding hydrogens is 182 g/mol. The molecule has 0 radical (unpaired) electrons. The number of nitrogens with zero attached hydrogens (tertiary/aromatic N) is 1. The fourth-order valence-electron chi connectivity index (χ4n) is 1.64. The lowest BCUT2D eigenvalue weighted by molar-refractivity contribution is -0.128. The van der Waals surface area contributed by atoms with Crippen molar-refractivity contribution in [1.82, 2.24) is 4.90 Å². The van der Waals surface area contributed by atoms with E-state index in [2.05, 4.69) is 0 Å². The average molecular weight is 193 g/mol. The minimum absolute atomic E-state index is 0.0264. The highest BCUT2D eigenvalue weighted by Crippen LogP contribution is 2.18. The van der Waals surface area contributed by atoms with Crippen LogP contribution < -0.4 is 0 Å². The fraction of sp³-hybridized carbons (Fsp3) is 0.400. The molecule has 1 aromatic heterocycles. The molecule has 1 aromatic rings. The summed E-state index contributed by atoms with van der Waals surface area (Å²) in [7, 11) is 0. The van der Waals surface area contributed by atoms with E-state index < -0.39 is 0 Å². The van der Waals surface area contributed by atoms with Crippen molar-refractivity contribution < 1.29 is 14.0 Å². The number of amides is 1. The van der Waals surface area contributed by atoms with Crippen molar-refractivity contribution in [3.63, 3.8) is 0 Å². The monoisotopic (exact) mass is 193 g/mol. The Labute approximate surface area is 81.5 Å². The van der Waals surface area contributed by atoms with Gasteiger partial charge in [-0.15, -0.1) is 0 Å². The first-order valence-electron chi connectivity index (χ1n) is 4.55. The molecule has 1 aliphatic heterocycles. The molecule has 0 spiro atoms. The Morgan fingerprint density at radius 2 is 2.50 bits per heavy atom. The second-order valence-electron chi connectivity index (χ2n) is 3.45. The third-order valence-corrected chi connectivity index (χ3v) is 2.36. The average Bonchev–Trinajstić information content (AvgIpc) is 2.78. The molecule has 0 aromatic carbocycles. The molecule has 1 fully saturated rings. The summed E-state index contributed by atoms with van der Waals surface area (Å²) in [5.74, 6) is 0.640.